The van der Waals surface area contributed by atoms with Crippen LogP contribution >= 0.6 is 24.0 Å². The summed E-state index contributed by atoms with van der Waals surface area (Å²) >= 11 is 0. The van der Waals surface area contributed by atoms with Crippen LogP contribution in [0.4, 0.5) is 0 Å². The van der Waals surface area contributed by atoms with Gasteiger partial charge in [0, 0.05) is 13.1 Å². The van der Waals surface area contributed by atoms with E-state index < -0.39 is 0 Å². The lowest BCUT2D eigenvalue weighted by Crippen LogP contribution is -2.36. The van der Waals surface area contributed by atoms with Gasteiger partial charge in [-0.15, -0.1) is 24.0 Å². The largest absolute Gasteiger partial charge is 0.457 e. The first-order valence-corrected chi connectivity index (χ1v) is 7.66. The molecule has 0 unspecified atom stereocenters. The highest BCUT2D eigenvalue weighted by atomic mass is 127. The van der Waals surface area contributed by atoms with Crippen molar-refractivity contribution in [2.75, 3.05) is 13.1 Å². The monoisotopic (exact) mass is 425 g/mol. The Morgan fingerprint density at radius 1 is 0.913 bits per heavy atom. The molecular formula is C18H24IN3O. The summed E-state index contributed by atoms with van der Waals surface area (Å²) in [6.07, 6.45) is 0. The number of ether oxygens (including phenoxy) is 1. The average molecular weight is 425 g/mol. The van der Waals surface area contributed by atoms with Gasteiger partial charge in [0.05, 0.1) is 6.54 Å². The van der Waals surface area contributed by atoms with Crippen LogP contribution in [0.1, 0.15) is 19.4 Å². The molecular weight excluding hydrogens is 401 g/mol. The molecule has 2 rings (SSSR count). The molecule has 0 bridgehead atoms. The Bertz CT molecular complexity index is 594. The van der Waals surface area contributed by atoms with Crippen LogP contribution in [0.25, 0.3) is 0 Å². The SMILES string of the molecule is CCNC(=NCc1cccc(Oc2ccccc2)c1)NCC.I. The van der Waals surface area contributed by atoms with Crippen molar-refractivity contribution in [3.8, 4) is 11.5 Å². The highest BCUT2D eigenvalue weighted by Crippen LogP contribution is 2.22. The van der Waals surface area contributed by atoms with Crippen molar-refractivity contribution in [2.24, 2.45) is 4.99 Å². The second-order valence-corrected chi connectivity index (χ2v) is 4.79. The molecule has 0 radical (unpaired) electrons. The summed E-state index contributed by atoms with van der Waals surface area (Å²) in [6, 6.07) is 17.8. The summed E-state index contributed by atoms with van der Waals surface area (Å²) < 4.78 is 5.84. The topological polar surface area (TPSA) is 45.7 Å². The molecule has 2 aromatic rings. The maximum atomic E-state index is 5.84. The van der Waals surface area contributed by atoms with Crippen LogP contribution in [0.5, 0.6) is 11.5 Å². The first-order valence-electron chi connectivity index (χ1n) is 7.66. The number of hydrogen-bond acceptors (Lipinski definition) is 2. The molecule has 124 valence electrons. The molecule has 0 aromatic heterocycles. The fourth-order valence-electron chi connectivity index (χ4n) is 2.01. The molecule has 2 aromatic carbocycles. The van der Waals surface area contributed by atoms with Gasteiger partial charge in [0.15, 0.2) is 5.96 Å². The van der Waals surface area contributed by atoms with Crippen molar-refractivity contribution in [1.29, 1.82) is 0 Å². The van der Waals surface area contributed by atoms with Gasteiger partial charge in [0.1, 0.15) is 11.5 Å². The van der Waals surface area contributed by atoms with Crippen LogP contribution in [-0.4, -0.2) is 19.0 Å². The van der Waals surface area contributed by atoms with Crippen LogP contribution in [-0.2, 0) is 6.54 Å². The number of guanidine groups is 1. The van der Waals surface area contributed by atoms with Gasteiger partial charge in [0.2, 0.25) is 0 Å². The highest BCUT2D eigenvalue weighted by Gasteiger charge is 2.00. The standard InChI is InChI=1S/C18H23N3O.HI/c1-3-19-18(20-4-2)21-14-15-9-8-12-17(13-15)22-16-10-6-5-7-11-16;/h5-13H,3-4,14H2,1-2H3,(H2,19,20,21);1H. The van der Waals surface area contributed by atoms with Gasteiger partial charge in [0.25, 0.3) is 0 Å². The molecule has 23 heavy (non-hydrogen) atoms. The smallest absolute Gasteiger partial charge is 0.191 e. The second kappa shape index (κ2) is 10.9. The maximum absolute atomic E-state index is 5.84. The van der Waals surface area contributed by atoms with E-state index in [4.69, 9.17) is 4.74 Å². The lowest BCUT2D eigenvalue weighted by molar-refractivity contribution is 0.482. The summed E-state index contributed by atoms with van der Waals surface area (Å²) in [5.74, 6) is 2.50. The Balaban J connectivity index is 0.00000264. The molecule has 4 nitrogen and oxygen atoms in total. The fourth-order valence-corrected chi connectivity index (χ4v) is 2.01. The Kier molecular flexibility index (Phi) is 9.12. The number of hydrogen-bond donors (Lipinski definition) is 2. The van der Waals surface area contributed by atoms with E-state index >= 15 is 0 Å². The van der Waals surface area contributed by atoms with E-state index in [1.807, 2.05) is 48.5 Å². The van der Waals surface area contributed by atoms with E-state index in [0.717, 1.165) is 36.1 Å². The molecule has 0 saturated carbocycles. The van der Waals surface area contributed by atoms with Crippen molar-refractivity contribution in [2.45, 2.75) is 20.4 Å². The molecule has 0 fully saturated rings. The van der Waals surface area contributed by atoms with Crippen molar-refractivity contribution < 1.29 is 4.74 Å². The first kappa shape index (κ1) is 19.3. The van der Waals surface area contributed by atoms with E-state index in [-0.39, 0.29) is 24.0 Å². The molecule has 5 heteroatoms. The molecule has 0 saturated heterocycles. The van der Waals surface area contributed by atoms with E-state index in [2.05, 4.69) is 35.5 Å². The second-order valence-electron chi connectivity index (χ2n) is 4.79. The summed E-state index contributed by atoms with van der Waals surface area (Å²) in [5.41, 5.74) is 1.11. The molecule has 0 spiro atoms. The summed E-state index contributed by atoms with van der Waals surface area (Å²) in [7, 11) is 0. The number of rotatable bonds is 6. The van der Waals surface area contributed by atoms with Gasteiger partial charge >= 0.3 is 0 Å². The summed E-state index contributed by atoms with van der Waals surface area (Å²) in [6.45, 7) is 6.43. The van der Waals surface area contributed by atoms with E-state index in [1.54, 1.807) is 0 Å². The summed E-state index contributed by atoms with van der Waals surface area (Å²) in [4.78, 5) is 4.56. The third-order valence-corrected chi connectivity index (χ3v) is 2.99. The highest BCUT2D eigenvalue weighted by molar-refractivity contribution is 14.0. The van der Waals surface area contributed by atoms with E-state index in [1.165, 1.54) is 0 Å². The zero-order chi connectivity index (χ0) is 15.6. The lowest BCUT2D eigenvalue weighted by atomic mass is 10.2. The van der Waals surface area contributed by atoms with E-state index in [9.17, 15) is 0 Å². The van der Waals surface area contributed by atoms with Crippen molar-refractivity contribution in [3.63, 3.8) is 0 Å². The average Bonchev–Trinajstić information content (AvgIpc) is 2.54. The minimum absolute atomic E-state index is 0. The quantitative estimate of drug-likeness (QED) is 0.415. The molecule has 0 aliphatic carbocycles. The molecule has 0 aliphatic heterocycles. The van der Waals surface area contributed by atoms with Crippen LogP contribution < -0.4 is 15.4 Å². The number of aliphatic imine (C=N–C) groups is 1. The van der Waals surface area contributed by atoms with Gasteiger partial charge in [-0.2, -0.15) is 0 Å². The Labute approximate surface area is 155 Å². The molecule has 0 aliphatic rings. The van der Waals surface area contributed by atoms with Crippen LogP contribution in [0, 0.1) is 0 Å². The van der Waals surface area contributed by atoms with Crippen LogP contribution in [0.3, 0.4) is 0 Å². The predicted molar refractivity (Wildman–Crippen MR) is 107 cm³/mol. The van der Waals surface area contributed by atoms with Gasteiger partial charge < -0.3 is 15.4 Å². The normalized spacial score (nSPS) is 9.48. The first-order chi connectivity index (χ1) is 10.8. The zero-order valence-electron chi connectivity index (χ0n) is 13.6. The Morgan fingerprint density at radius 3 is 2.22 bits per heavy atom. The van der Waals surface area contributed by atoms with Crippen LogP contribution in [0.2, 0.25) is 0 Å². The van der Waals surface area contributed by atoms with Crippen molar-refractivity contribution >= 4 is 29.9 Å². The molecule has 0 atom stereocenters. The minimum Gasteiger partial charge on any atom is -0.457 e. The van der Waals surface area contributed by atoms with Crippen molar-refractivity contribution in [1.82, 2.24) is 10.6 Å². The Morgan fingerprint density at radius 2 is 1.57 bits per heavy atom. The minimum atomic E-state index is 0. The van der Waals surface area contributed by atoms with Gasteiger partial charge in [-0.25, -0.2) is 4.99 Å². The van der Waals surface area contributed by atoms with Gasteiger partial charge in [-0.1, -0.05) is 30.3 Å². The molecule has 2 N–H and O–H groups in total. The van der Waals surface area contributed by atoms with Crippen molar-refractivity contribution in [3.05, 3.63) is 60.2 Å². The van der Waals surface area contributed by atoms with Gasteiger partial charge in [-0.05, 0) is 43.7 Å². The fraction of sp³-hybridized carbons (Fsp3) is 0.278. The summed E-state index contributed by atoms with van der Waals surface area (Å²) in [5, 5.41) is 6.43. The third-order valence-electron chi connectivity index (χ3n) is 2.99. The maximum Gasteiger partial charge on any atom is 0.191 e. The zero-order valence-corrected chi connectivity index (χ0v) is 15.9. The Hall–Kier alpha value is -1.76. The predicted octanol–water partition coefficient (Wildman–Crippen LogP) is 4.17. The lowest BCUT2D eigenvalue weighted by Gasteiger charge is -2.10. The number of nitrogens with zero attached hydrogens (tertiary/aromatic N) is 1. The number of benzene rings is 2. The number of halogens is 1. The third kappa shape index (κ3) is 6.90. The van der Waals surface area contributed by atoms with Gasteiger partial charge in [-0.3, -0.25) is 0 Å². The number of nitrogens with one attached hydrogen (secondary N) is 2. The van der Waals surface area contributed by atoms with E-state index in [0.29, 0.717) is 6.54 Å². The molecule has 0 heterocycles. The molecule has 0 amide bonds. The number of para-hydroxylation sites is 1. The van der Waals surface area contributed by atoms with Crippen LogP contribution in [0.15, 0.2) is 59.6 Å².